The molecule has 1 amide bonds. The lowest BCUT2D eigenvalue weighted by Crippen LogP contribution is -2.31. The van der Waals surface area contributed by atoms with Crippen LogP contribution in [0.2, 0.25) is 0 Å². The molecule has 0 aromatic heterocycles. The summed E-state index contributed by atoms with van der Waals surface area (Å²) in [5.74, 6) is -1.50. The van der Waals surface area contributed by atoms with Gasteiger partial charge in [-0.3, -0.25) is 4.79 Å². The van der Waals surface area contributed by atoms with Crippen LogP contribution in [0.1, 0.15) is 25.3 Å². The summed E-state index contributed by atoms with van der Waals surface area (Å²) in [4.78, 5) is 39.2. The zero-order valence-electron chi connectivity index (χ0n) is 24.8. The average molecular weight is 602 g/mol. The summed E-state index contributed by atoms with van der Waals surface area (Å²) in [5, 5.41) is 29.0. The molecule has 0 atom stereocenters. The average Bonchev–Trinajstić information content (AvgIpc) is 3.32. The molecule has 0 bridgehead atoms. The third-order valence-electron chi connectivity index (χ3n) is 6.33. The van der Waals surface area contributed by atoms with Gasteiger partial charge in [0.2, 0.25) is 0 Å². The van der Waals surface area contributed by atoms with Crippen molar-refractivity contribution in [2.75, 3.05) is 64.2 Å². The number of benzene rings is 1. The maximum Gasteiger partial charge on any atom is 0.330 e. The molecule has 230 valence electrons. The van der Waals surface area contributed by atoms with E-state index in [9.17, 15) is 30.2 Å². The van der Waals surface area contributed by atoms with Gasteiger partial charge in [0.25, 0.3) is 5.91 Å². The summed E-state index contributed by atoms with van der Waals surface area (Å²) in [6.07, 6.45) is 3.56. The Balaban J connectivity index is 2.24. The second-order valence-corrected chi connectivity index (χ2v) is 9.12. The molecule has 12 nitrogen and oxygen atoms in total. The Morgan fingerprint density at radius 1 is 0.886 bits per heavy atom. The van der Waals surface area contributed by atoms with Crippen LogP contribution >= 0.6 is 0 Å². The molecule has 0 N–H and O–H groups in total. The molecule has 0 spiro atoms. The van der Waals surface area contributed by atoms with Crippen LogP contribution in [0.5, 0.6) is 0 Å². The molecule has 0 aliphatic carbocycles. The number of ether oxygens (including phenoxy) is 4. The highest BCUT2D eigenvalue weighted by Gasteiger charge is 2.38. The summed E-state index contributed by atoms with van der Waals surface area (Å²) in [7, 11) is 0. The molecule has 0 saturated carbocycles. The van der Waals surface area contributed by atoms with Gasteiger partial charge in [0.15, 0.2) is 5.57 Å². The molecule has 1 aromatic rings. The maximum atomic E-state index is 13.5. The number of carbonyl (C=O) groups is 3. The second kappa shape index (κ2) is 19.1. The second-order valence-electron chi connectivity index (χ2n) is 9.12. The minimum Gasteiger partial charge on any atom is -0.460 e. The van der Waals surface area contributed by atoms with Crippen molar-refractivity contribution in [3.05, 3.63) is 72.0 Å². The van der Waals surface area contributed by atoms with Crippen LogP contribution < -0.4 is 4.90 Å². The molecule has 44 heavy (non-hydrogen) atoms. The Hall–Kier alpha value is -5.22. The topological polar surface area (TPSA) is 166 Å². The highest BCUT2D eigenvalue weighted by molar-refractivity contribution is 6.26. The lowest BCUT2D eigenvalue weighted by Gasteiger charge is -2.25. The number of hydrogen-bond acceptors (Lipinski definition) is 11. The fourth-order valence-corrected chi connectivity index (χ4v) is 4.18. The highest BCUT2D eigenvalue weighted by atomic mass is 16.6. The Bertz CT molecular complexity index is 1350. The first kappa shape index (κ1) is 35.0. The summed E-state index contributed by atoms with van der Waals surface area (Å²) in [5.41, 5.74) is 1.13. The smallest absolute Gasteiger partial charge is 0.330 e. The molecule has 12 heteroatoms. The van der Waals surface area contributed by atoms with Gasteiger partial charge in [-0.1, -0.05) is 38.6 Å². The molecule has 0 fully saturated rings. The van der Waals surface area contributed by atoms with Gasteiger partial charge in [-0.2, -0.15) is 15.8 Å². The van der Waals surface area contributed by atoms with E-state index in [-0.39, 0.29) is 55.4 Å². The number of esters is 2. The first-order valence-electron chi connectivity index (χ1n) is 14.0. The van der Waals surface area contributed by atoms with Crippen LogP contribution in [-0.4, -0.2) is 82.0 Å². The third kappa shape index (κ3) is 9.95. The van der Waals surface area contributed by atoms with Crippen LogP contribution in [-0.2, 0) is 33.3 Å². The normalized spacial score (nSPS) is 12.2. The van der Waals surface area contributed by atoms with Crippen LogP contribution in [0.15, 0.2) is 66.4 Å². The minimum atomic E-state index is -0.533. The van der Waals surface area contributed by atoms with Crippen molar-refractivity contribution in [1.29, 1.82) is 15.8 Å². The van der Waals surface area contributed by atoms with Crippen LogP contribution in [0.3, 0.4) is 0 Å². The Morgan fingerprint density at radius 2 is 1.43 bits per heavy atom. The zero-order chi connectivity index (χ0) is 32.3. The molecule has 2 rings (SSSR count). The van der Waals surface area contributed by atoms with Crippen molar-refractivity contribution >= 4 is 29.1 Å². The van der Waals surface area contributed by atoms with Crippen molar-refractivity contribution in [2.45, 2.75) is 19.8 Å². The van der Waals surface area contributed by atoms with Gasteiger partial charge in [0.05, 0.1) is 43.3 Å². The minimum absolute atomic E-state index is 0.00933. The maximum absolute atomic E-state index is 13.5. The summed E-state index contributed by atoms with van der Waals surface area (Å²) >= 11 is 0. The van der Waals surface area contributed by atoms with Gasteiger partial charge in [0, 0.05) is 37.5 Å². The zero-order valence-corrected chi connectivity index (χ0v) is 24.8. The molecule has 1 heterocycles. The number of hydrogen-bond donors (Lipinski definition) is 0. The van der Waals surface area contributed by atoms with Crippen molar-refractivity contribution in [3.8, 4) is 18.2 Å². The van der Waals surface area contributed by atoms with Crippen molar-refractivity contribution in [3.63, 3.8) is 0 Å². The summed E-state index contributed by atoms with van der Waals surface area (Å²) in [6, 6.07) is 12.7. The SMILES string of the molecule is C=CC(=O)OCCOCCN(CCOCCOC(=O)C=C)c1ccc(C2=C(C#N)C(=C(C#N)C#N)N(CCCC)C2=O)cc1. The number of anilines is 1. The van der Waals surface area contributed by atoms with Crippen molar-refractivity contribution < 1.29 is 33.3 Å². The molecule has 1 aliphatic heterocycles. The van der Waals surface area contributed by atoms with Gasteiger partial charge in [-0.15, -0.1) is 0 Å². The number of amides is 1. The van der Waals surface area contributed by atoms with E-state index in [4.69, 9.17) is 18.9 Å². The number of rotatable bonds is 19. The lowest BCUT2D eigenvalue weighted by molar-refractivity contribution is -0.140. The largest absolute Gasteiger partial charge is 0.460 e. The van der Waals surface area contributed by atoms with Crippen LogP contribution in [0.25, 0.3) is 5.57 Å². The number of unbranched alkanes of at least 4 members (excludes halogenated alkanes) is 1. The van der Waals surface area contributed by atoms with E-state index in [1.165, 1.54) is 4.90 Å². The first-order valence-corrected chi connectivity index (χ1v) is 14.0. The molecular formula is C32H35N5O7. The molecular weight excluding hydrogens is 566 g/mol. The van der Waals surface area contributed by atoms with E-state index in [0.717, 1.165) is 24.3 Å². The number of nitriles is 3. The quantitative estimate of drug-likeness (QED) is 0.0989. The van der Waals surface area contributed by atoms with Crippen LogP contribution in [0.4, 0.5) is 5.69 Å². The predicted molar refractivity (Wildman–Crippen MR) is 160 cm³/mol. The van der Waals surface area contributed by atoms with Gasteiger partial charge in [-0.25, -0.2) is 9.59 Å². The molecule has 0 unspecified atom stereocenters. The van der Waals surface area contributed by atoms with Gasteiger partial charge >= 0.3 is 11.9 Å². The Morgan fingerprint density at radius 3 is 1.89 bits per heavy atom. The fourth-order valence-electron chi connectivity index (χ4n) is 4.18. The first-order chi connectivity index (χ1) is 21.4. The van der Waals surface area contributed by atoms with E-state index in [1.807, 2.05) is 30.0 Å². The van der Waals surface area contributed by atoms with E-state index in [2.05, 4.69) is 13.2 Å². The third-order valence-corrected chi connectivity index (χ3v) is 6.33. The Labute approximate surface area is 257 Å². The molecule has 1 aromatic carbocycles. The number of carbonyl (C=O) groups excluding carboxylic acids is 3. The number of nitrogens with zero attached hydrogens (tertiary/aromatic N) is 5. The van der Waals surface area contributed by atoms with Gasteiger partial charge in [-0.05, 0) is 24.1 Å². The molecule has 0 saturated heterocycles. The lowest BCUT2D eigenvalue weighted by atomic mass is 9.99. The standard InChI is InChI=1S/C32H35N5O7/c1-4-7-12-37-31(25(21-33)22-34)27(23-35)30(32(37)40)24-8-10-26(11-9-24)36(13-15-41-17-19-43-28(38)5-2)14-16-42-18-20-44-29(39)6-3/h5-6,8-11H,2-4,7,12-20H2,1H3. The molecule has 0 radical (unpaired) electrons. The number of allylic oxidation sites excluding steroid dienone is 2. The van der Waals surface area contributed by atoms with Gasteiger partial charge < -0.3 is 28.7 Å². The van der Waals surface area contributed by atoms with Gasteiger partial charge in [0.1, 0.15) is 31.4 Å². The van der Waals surface area contributed by atoms with E-state index in [1.54, 1.807) is 24.3 Å². The summed E-state index contributed by atoms with van der Waals surface area (Å²) in [6.45, 7) is 11.0. The fraction of sp³-hybridized carbons (Fsp3) is 0.375. The van der Waals surface area contributed by atoms with Crippen molar-refractivity contribution in [1.82, 2.24) is 4.90 Å². The summed E-state index contributed by atoms with van der Waals surface area (Å²) < 4.78 is 21.0. The van der Waals surface area contributed by atoms with Crippen LogP contribution in [0, 0.1) is 34.0 Å². The van der Waals surface area contributed by atoms with E-state index >= 15 is 0 Å². The van der Waals surface area contributed by atoms with E-state index < -0.39 is 17.8 Å². The predicted octanol–water partition coefficient (Wildman–Crippen LogP) is 3.21. The van der Waals surface area contributed by atoms with E-state index in [0.29, 0.717) is 38.3 Å². The van der Waals surface area contributed by atoms with Crippen molar-refractivity contribution in [2.24, 2.45) is 0 Å². The Kier molecular flexibility index (Phi) is 15.2. The monoisotopic (exact) mass is 601 g/mol. The highest BCUT2D eigenvalue weighted by Crippen LogP contribution is 2.37. The molecule has 1 aliphatic rings.